The molecule has 144 valence electrons. The average Bonchev–Trinajstić information content (AvgIpc) is 3.36. The van der Waals surface area contributed by atoms with Crippen LogP contribution in [0.3, 0.4) is 0 Å². The Kier molecular flexibility index (Phi) is 5.29. The van der Waals surface area contributed by atoms with Gasteiger partial charge < -0.3 is 24.8 Å². The van der Waals surface area contributed by atoms with E-state index in [1.165, 1.54) is 11.3 Å². The number of nitrogens with zero attached hydrogens (tertiary/aromatic N) is 1. The van der Waals surface area contributed by atoms with Gasteiger partial charge in [-0.3, -0.25) is 4.79 Å². The fraction of sp³-hybridized carbons (Fsp3) is 0.474. The molecule has 3 heterocycles. The summed E-state index contributed by atoms with van der Waals surface area (Å²) in [5, 5.41) is 8.99. The molecule has 1 amide bonds. The van der Waals surface area contributed by atoms with Gasteiger partial charge >= 0.3 is 0 Å². The number of ether oxygens (including phenoxy) is 3. The van der Waals surface area contributed by atoms with Crippen molar-refractivity contribution in [1.29, 1.82) is 0 Å². The second-order valence-corrected chi connectivity index (χ2v) is 7.83. The minimum absolute atomic E-state index is 0.00810. The summed E-state index contributed by atoms with van der Waals surface area (Å²) in [6.45, 7) is 3.38. The van der Waals surface area contributed by atoms with Gasteiger partial charge in [-0.1, -0.05) is 0 Å². The van der Waals surface area contributed by atoms with Gasteiger partial charge in [-0.05, 0) is 44.1 Å². The van der Waals surface area contributed by atoms with E-state index < -0.39 is 0 Å². The number of amides is 1. The van der Waals surface area contributed by atoms with Gasteiger partial charge in [0, 0.05) is 30.0 Å². The Balaban J connectivity index is 1.42. The third kappa shape index (κ3) is 3.92. The van der Waals surface area contributed by atoms with Gasteiger partial charge in [-0.25, -0.2) is 4.98 Å². The molecule has 2 aliphatic heterocycles. The molecule has 0 saturated carbocycles. The normalized spacial score (nSPS) is 17.7. The van der Waals surface area contributed by atoms with Gasteiger partial charge in [0.25, 0.3) is 5.91 Å². The van der Waals surface area contributed by atoms with Crippen LogP contribution in [0.4, 0.5) is 0 Å². The standard InChI is InChI=1S/C19H23N3O4S/c1-24-11-19(4-6-20-7-5-19)10-21-17(23)14-9-27-18(22-14)13-2-3-15-16(8-13)26-12-25-15/h2-3,8-9,20H,4-7,10-12H2,1H3,(H,21,23). The van der Waals surface area contributed by atoms with Crippen molar-refractivity contribution in [2.24, 2.45) is 5.41 Å². The van der Waals surface area contributed by atoms with E-state index in [9.17, 15) is 4.79 Å². The van der Waals surface area contributed by atoms with E-state index in [1.54, 1.807) is 12.5 Å². The Morgan fingerprint density at radius 1 is 1.33 bits per heavy atom. The Hall–Kier alpha value is -2.16. The first-order valence-electron chi connectivity index (χ1n) is 9.03. The fourth-order valence-corrected chi connectivity index (χ4v) is 4.33. The maximum Gasteiger partial charge on any atom is 0.270 e. The van der Waals surface area contributed by atoms with E-state index in [4.69, 9.17) is 14.2 Å². The molecule has 27 heavy (non-hydrogen) atoms. The smallest absolute Gasteiger partial charge is 0.270 e. The van der Waals surface area contributed by atoms with Crippen LogP contribution in [0.2, 0.25) is 0 Å². The molecule has 1 aromatic heterocycles. The zero-order chi connectivity index (χ0) is 18.7. The van der Waals surface area contributed by atoms with Crippen LogP contribution >= 0.6 is 11.3 Å². The summed E-state index contributed by atoms with van der Waals surface area (Å²) in [7, 11) is 1.71. The molecule has 1 fully saturated rings. The van der Waals surface area contributed by atoms with Gasteiger partial charge in [-0.15, -0.1) is 11.3 Å². The fourth-order valence-electron chi connectivity index (χ4n) is 3.53. The van der Waals surface area contributed by atoms with Crippen LogP contribution in [-0.2, 0) is 4.74 Å². The molecule has 0 aliphatic carbocycles. The van der Waals surface area contributed by atoms with Crippen LogP contribution in [0.5, 0.6) is 11.5 Å². The van der Waals surface area contributed by atoms with Crippen molar-refractivity contribution >= 4 is 17.2 Å². The molecular formula is C19H23N3O4S. The first-order chi connectivity index (χ1) is 13.2. The van der Waals surface area contributed by atoms with Crippen molar-refractivity contribution in [1.82, 2.24) is 15.6 Å². The Bertz CT molecular complexity index is 812. The Morgan fingerprint density at radius 3 is 2.96 bits per heavy atom. The second kappa shape index (κ2) is 7.84. The zero-order valence-electron chi connectivity index (χ0n) is 15.2. The SMILES string of the molecule is COCC1(CNC(=O)c2csc(-c3ccc4c(c3)OCO4)n2)CCNCC1. The number of hydrogen-bond acceptors (Lipinski definition) is 7. The summed E-state index contributed by atoms with van der Waals surface area (Å²) in [6, 6.07) is 5.69. The highest BCUT2D eigenvalue weighted by atomic mass is 32.1. The quantitative estimate of drug-likeness (QED) is 0.789. The summed E-state index contributed by atoms with van der Waals surface area (Å²) >= 11 is 1.44. The largest absolute Gasteiger partial charge is 0.454 e. The van der Waals surface area contributed by atoms with E-state index in [-0.39, 0.29) is 18.1 Å². The molecule has 1 saturated heterocycles. The van der Waals surface area contributed by atoms with Crippen molar-refractivity contribution in [3.63, 3.8) is 0 Å². The maximum atomic E-state index is 12.6. The molecule has 0 radical (unpaired) electrons. The van der Waals surface area contributed by atoms with Crippen LogP contribution < -0.4 is 20.1 Å². The van der Waals surface area contributed by atoms with Crippen molar-refractivity contribution in [2.45, 2.75) is 12.8 Å². The maximum absolute atomic E-state index is 12.6. The molecule has 0 unspecified atom stereocenters. The number of rotatable bonds is 6. The van der Waals surface area contributed by atoms with Crippen LogP contribution in [0.1, 0.15) is 23.3 Å². The molecule has 0 spiro atoms. The Morgan fingerprint density at radius 2 is 2.15 bits per heavy atom. The summed E-state index contributed by atoms with van der Waals surface area (Å²) in [6.07, 6.45) is 1.97. The molecule has 2 aromatic rings. The van der Waals surface area contributed by atoms with Crippen LogP contribution in [0, 0.1) is 5.41 Å². The third-order valence-corrected chi connectivity index (χ3v) is 5.99. The zero-order valence-corrected chi connectivity index (χ0v) is 16.1. The van der Waals surface area contributed by atoms with Gasteiger partial charge in [0.1, 0.15) is 10.7 Å². The van der Waals surface area contributed by atoms with Crippen LogP contribution in [0.25, 0.3) is 10.6 Å². The average molecular weight is 389 g/mol. The number of fused-ring (bicyclic) bond motifs is 1. The number of piperidine rings is 1. The van der Waals surface area contributed by atoms with Gasteiger partial charge in [-0.2, -0.15) is 0 Å². The van der Waals surface area contributed by atoms with Gasteiger partial charge in [0.2, 0.25) is 6.79 Å². The number of thiazole rings is 1. The van der Waals surface area contributed by atoms with Crippen molar-refractivity contribution in [2.75, 3.05) is 40.1 Å². The van der Waals surface area contributed by atoms with E-state index in [0.29, 0.717) is 24.6 Å². The molecule has 2 aliphatic rings. The summed E-state index contributed by atoms with van der Waals surface area (Å²) in [5.74, 6) is 1.30. The summed E-state index contributed by atoms with van der Waals surface area (Å²) in [5.41, 5.74) is 1.35. The lowest BCUT2D eigenvalue weighted by atomic mass is 9.79. The van der Waals surface area contributed by atoms with E-state index in [2.05, 4.69) is 15.6 Å². The van der Waals surface area contributed by atoms with Crippen LogP contribution in [0.15, 0.2) is 23.6 Å². The molecular weight excluding hydrogens is 366 g/mol. The lowest BCUT2D eigenvalue weighted by Gasteiger charge is -2.37. The predicted molar refractivity (Wildman–Crippen MR) is 102 cm³/mol. The Labute approximate surface area is 162 Å². The first-order valence-corrected chi connectivity index (χ1v) is 9.90. The molecule has 7 nitrogen and oxygen atoms in total. The van der Waals surface area contributed by atoms with Gasteiger partial charge in [0.05, 0.1) is 6.61 Å². The number of carbonyl (C=O) groups excluding carboxylic acids is 1. The molecule has 8 heteroatoms. The number of aromatic nitrogens is 1. The van der Waals surface area contributed by atoms with Crippen molar-refractivity contribution < 1.29 is 19.0 Å². The molecule has 2 N–H and O–H groups in total. The highest BCUT2D eigenvalue weighted by Crippen LogP contribution is 2.36. The minimum Gasteiger partial charge on any atom is -0.454 e. The highest BCUT2D eigenvalue weighted by Gasteiger charge is 2.32. The lowest BCUT2D eigenvalue weighted by Crippen LogP contribution is -2.47. The summed E-state index contributed by atoms with van der Waals surface area (Å²) < 4.78 is 16.2. The molecule has 4 rings (SSSR count). The number of nitrogens with one attached hydrogen (secondary N) is 2. The minimum atomic E-state index is -0.146. The van der Waals surface area contributed by atoms with Crippen molar-refractivity contribution in [3.8, 4) is 22.1 Å². The van der Waals surface area contributed by atoms with E-state index in [0.717, 1.165) is 42.3 Å². The van der Waals surface area contributed by atoms with E-state index in [1.807, 2.05) is 18.2 Å². The number of carbonyl (C=O) groups is 1. The van der Waals surface area contributed by atoms with Crippen molar-refractivity contribution in [3.05, 3.63) is 29.3 Å². The topological polar surface area (TPSA) is 81.7 Å². The van der Waals surface area contributed by atoms with Crippen LogP contribution in [-0.4, -0.2) is 51.0 Å². The molecule has 0 atom stereocenters. The molecule has 0 bridgehead atoms. The number of benzene rings is 1. The lowest BCUT2D eigenvalue weighted by molar-refractivity contribution is 0.0511. The summed E-state index contributed by atoms with van der Waals surface area (Å²) in [4.78, 5) is 17.1. The van der Waals surface area contributed by atoms with E-state index >= 15 is 0 Å². The second-order valence-electron chi connectivity index (χ2n) is 6.97. The predicted octanol–water partition coefficient (Wildman–Crippen LogP) is 2.28. The monoisotopic (exact) mass is 389 g/mol. The third-order valence-electron chi connectivity index (χ3n) is 5.10. The first kappa shape index (κ1) is 18.2. The molecule has 1 aromatic carbocycles. The number of hydrogen-bond donors (Lipinski definition) is 2. The van der Waals surface area contributed by atoms with Gasteiger partial charge in [0.15, 0.2) is 11.5 Å². The highest BCUT2D eigenvalue weighted by molar-refractivity contribution is 7.13. The number of methoxy groups -OCH3 is 1.